The average Bonchev–Trinajstić information content (AvgIpc) is 1.49. The Kier molecular flexibility index (Phi) is 1.32. The number of primary sulfonamides is 1. The zero-order valence-corrected chi connectivity index (χ0v) is 6.82. The number of nitrogens with two attached hydrogens (primary N) is 1. The van der Waals surface area contributed by atoms with E-state index >= 15 is 0 Å². The van der Waals surface area contributed by atoms with Crippen molar-refractivity contribution < 1.29 is 8.42 Å². The summed E-state index contributed by atoms with van der Waals surface area (Å²) in [5.41, 5.74) is -0.0897. The highest BCUT2D eigenvalue weighted by Gasteiger charge is 2.56. The summed E-state index contributed by atoms with van der Waals surface area (Å²) >= 11 is 0. The van der Waals surface area contributed by atoms with Crippen LogP contribution in [0, 0.1) is 5.41 Å². The molecule has 4 N–H and O–H groups in total. The minimum atomic E-state index is -3.39. The minimum absolute atomic E-state index is 0.0897. The van der Waals surface area contributed by atoms with Crippen LogP contribution in [0.3, 0.4) is 0 Å². The van der Waals surface area contributed by atoms with Gasteiger partial charge in [0.25, 0.3) is 0 Å². The van der Waals surface area contributed by atoms with Crippen molar-refractivity contribution in [2.24, 2.45) is 10.6 Å². The quantitative estimate of drug-likeness (QED) is 0.424. The molecule has 1 unspecified atom stereocenters. The number of hydrogen-bond donors (Lipinski definition) is 3. The summed E-state index contributed by atoms with van der Waals surface area (Å²) < 4.78 is 21.8. The lowest BCUT2D eigenvalue weighted by Gasteiger charge is -2.55. The fourth-order valence-electron chi connectivity index (χ4n) is 1.70. The summed E-state index contributed by atoms with van der Waals surface area (Å²) in [6.07, 6.45) is 0. The van der Waals surface area contributed by atoms with Gasteiger partial charge in [-0.2, -0.15) is 0 Å². The normalized spacial score (nSPS) is 34.5. The Hall–Kier alpha value is -0.170. The van der Waals surface area contributed by atoms with Crippen LogP contribution in [-0.4, -0.2) is 33.4 Å². The molecule has 6 heteroatoms. The predicted octanol–water partition coefficient (Wildman–Crippen LogP) is -2.21. The zero-order valence-electron chi connectivity index (χ0n) is 6.00. The van der Waals surface area contributed by atoms with Crippen molar-refractivity contribution in [1.29, 1.82) is 0 Å². The van der Waals surface area contributed by atoms with E-state index in [1.165, 1.54) is 0 Å². The molecule has 0 amide bonds. The predicted molar refractivity (Wildman–Crippen MR) is 40.2 cm³/mol. The van der Waals surface area contributed by atoms with E-state index in [-0.39, 0.29) is 5.41 Å². The van der Waals surface area contributed by atoms with E-state index in [2.05, 4.69) is 10.6 Å². The Balaban J connectivity index is 2.18. The molecule has 2 fully saturated rings. The van der Waals surface area contributed by atoms with Crippen molar-refractivity contribution in [2.75, 3.05) is 19.6 Å². The standard InChI is InChI=1S/C5H11N3O2S/c6-11(9,10)4-5(3-8-4)1-7-2-5/h4,7-8H,1-3H2,(H2,6,9,10). The van der Waals surface area contributed by atoms with Gasteiger partial charge in [0.2, 0.25) is 10.0 Å². The third-order valence-corrected chi connectivity index (χ3v) is 3.80. The number of sulfonamides is 1. The van der Waals surface area contributed by atoms with Crippen LogP contribution in [0.4, 0.5) is 0 Å². The monoisotopic (exact) mass is 177 g/mol. The van der Waals surface area contributed by atoms with E-state index in [0.717, 1.165) is 19.6 Å². The summed E-state index contributed by atoms with van der Waals surface area (Å²) in [6, 6.07) is 0. The van der Waals surface area contributed by atoms with Crippen LogP contribution in [0.1, 0.15) is 0 Å². The second-order valence-corrected chi connectivity index (χ2v) is 4.97. The maximum Gasteiger partial charge on any atom is 0.225 e. The van der Waals surface area contributed by atoms with Crippen molar-refractivity contribution in [3.05, 3.63) is 0 Å². The van der Waals surface area contributed by atoms with Crippen molar-refractivity contribution in [3.8, 4) is 0 Å². The fraction of sp³-hybridized carbons (Fsp3) is 1.00. The van der Waals surface area contributed by atoms with Crippen LogP contribution in [0.2, 0.25) is 0 Å². The molecule has 11 heavy (non-hydrogen) atoms. The Bertz CT molecular complexity index is 264. The molecule has 1 atom stereocenters. The van der Waals surface area contributed by atoms with Crippen molar-refractivity contribution in [2.45, 2.75) is 5.37 Å². The zero-order chi connectivity index (χ0) is 8.11. The van der Waals surface area contributed by atoms with Gasteiger partial charge in [-0.25, -0.2) is 13.6 Å². The molecule has 2 saturated heterocycles. The Morgan fingerprint density at radius 2 is 2.00 bits per heavy atom. The smallest absolute Gasteiger partial charge is 0.225 e. The molecule has 0 bridgehead atoms. The number of hydrogen-bond acceptors (Lipinski definition) is 4. The first kappa shape index (κ1) is 7.48. The lowest BCUT2D eigenvalue weighted by atomic mass is 9.76. The molecule has 64 valence electrons. The summed E-state index contributed by atoms with van der Waals surface area (Å²) in [6.45, 7) is 2.29. The van der Waals surface area contributed by atoms with Gasteiger partial charge in [-0.3, -0.25) is 5.32 Å². The highest BCUT2D eigenvalue weighted by atomic mass is 32.2. The highest BCUT2D eigenvalue weighted by molar-refractivity contribution is 7.89. The van der Waals surface area contributed by atoms with Crippen LogP contribution < -0.4 is 15.8 Å². The Morgan fingerprint density at radius 1 is 1.36 bits per heavy atom. The molecular formula is C5H11N3O2S. The fourth-order valence-corrected chi connectivity index (χ4v) is 2.96. The first-order valence-corrected chi connectivity index (χ1v) is 5.11. The molecule has 0 saturated carbocycles. The summed E-state index contributed by atoms with van der Waals surface area (Å²) in [4.78, 5) is 0. The van der Waals surface area contributed by atoms with Gasteiger partial charge in [-0.15, -0.1) is 0 Å². The third-order valence-electron chi connectivity index (χ3n) is 2.48. The number of rotatable bonds is 1. The second-order valence-electron chi connectivity index (χ2n) is 3.32. The molecule has 0 aromatic rings. The van der Waals surface area contributed by atoms with E-state index < -0.39 is 15.4 Å². The first-order chi connectivity index (χ1) is 5.05. The summed E-state index contributed by atoms with van der Waals surface area (Å²) in [5.74, 6) is 0. The molecule has 0 radical (unpaired) electrons. The van der Waals surface area contributed by atoms with E-state index in [1.807, 2.05) is 0 Å². The molecule has 2 aliphatic heterocycles. The van der Waals surface area contributed by atoms with Crippen LogP contribution in [0.5, 0.6) is 0 Å². The molecule has 2 rings (SSSR count). The van der Waals surface area contributed by atoms with E-state index in [4.69, 9.17) is 5.14 Å². The van der Waals surface area contributed by atoms with E-state index in [9.17, 15) is 8.42 Å². The van der Waals surface area contributed by atoms with Gasteiger partial charge in [0.05, 0.1) is 0 Å². The third kappa shape index (κ3) is 0.903. The summed E-state index contributed by atoms with van der Waals surface area (Å²) in [7, 11) is -3.39. The minimum Gasteiger partial charge on any atom is -0.315 e. The molecule has 5 nitrogen and oxygen atoms in total. The van der Waals surface area contributed by atoms with Gasteiger partial charge in [0.1, 0.15) is 5.37 Å². The SMILES string of the molecule is NS(=O)(=O)C1NCC12CNC2. The summed E-state index contributed by atoms with van der Waals surface area (Å²) in [5, 5.41) is 10.4. The van der Waals surface area contributed by atoms with E-state index in [1.54, 1.807) is 0 Å². The van der Waals surface area contributed by atoms with Gasteiger partial charge < -0.3 is 5.32 Å². The first-order valence-electron chi connectivity index (χ1n) is 3.50. The topological polar surface area (TPSA) is 84.2 Å². The van der Waals surface area contributed by atoms with E-state index in [0.29, 0.717) is 0 Å². The van der Waals surface area contributed by atoms with Crippen LogP contribution in [0.25, 0.3) is 0 Å². The largest absolute Gasteiger partial charge is 0.315 e. The molecule has 2 heterocycles. The van der Waals surface area contributed by atoms with Crippen LogP contribution in [0.15, 0.2) is 0 Å². The highest BCUT2D eigenvalue weighted by Crippen LogP contribution is 2.35. The molecule has 0 aliphatic carbocycles. The molecule has 0 aromatic carbocycles. The average molecular weight is 177 g/mol. The van der Waals surface area contributed by atoms with Gasteiger partial charge in [0, 0.05) is 25.0 Å². The van der Waals surface area contributed by atoms with Crippen molar-refractivity contribution in [1.82, 2.24) is 10.6 Å². The second kappa shape index (κ2) is 1.95. The van der Waals surface area contributed by atoms with Crippen LogP contribution >= 0.6 is 0 Å². The lowest BCUT2D eigenvalue weighted by molar-refractivity contribution is 0.0642. The van der Waals surface area contributed by atoms with Gasteiger partial charge >= 0.3 is 0 Å². The van der Waals surface area contributed by atoms with Crippen LogP contribution in [-0.2, 0) is 10.0 Å². The van der Waals surface area contributed by atoms with Crippen molar-refractivity contribution in [3.63, 3.8) is 0 Å². The lowest BCUT2D eigenvalue weighted by Crippen LogP contribution is -2.78. The van der Waals surface area contributed by atoms with Gasteiger partial charge in [-0.1, -0.05) is 0 Å². The van der Waals surface area contributed by atoms with Gasteiger partial charge in [0.15, 0.2) is 0 Å². The Labute approximate surface area is 65.4 Å². The van der Waals surface area contributed by atoms with Gasteiger partial charge in [-0.05, 0) is 0 Å². The number of nitrogens with one attached hydrogen (secondary N) is 2. The molecule has 1 spiro atoms. The molecular weight excluding hydrogens is 166 g/mol. The molecule has 2 aliphatic rings. The van der Waals surface area contributed by atoms with Crippen molar-refractivity contribution >= 4 is 10.0 Å². The molecule has 0 aromatic heterocycles. The maximum absolute atomic E-state index is 10.9. The Morgan fingerprint density at radius 3 is 2.09 bits per heavy atom. The maximum atomic E-state index is 10.9.